The number of fused-ring (bicyclic) bond motifs is 2. The van der Waals surface area contributed by atoms with Gasteiger partial charge in [-0.25, -0.2) is 4.98 Å². The molecule has 0 aliphatic rings. The first-order valence-electron chi connectivity index (χ1n) is 7.55. The lowest BCUT2D eigenvalue weighted by atomic mass is 10.1. The monoisotopic (exact) mass is 312 g/mol. The molecule has 0 spiro atoms. The fourth-order valence-corrected chi connectivity index (χ4v) is 2.53. The highest BCUT2D eigenvalue weighted by molar-refractivity contribution is 6.01. The molecule has 1 aromatic heterocycles. The Balaban J connectivity index is 2.25. The zero-order valence-corrected chi connectivity index (χ0v) is 13.3. The molecule has 3 aromatic rings. The van der Waals surface area contributed by atoms with Gasteiger partial charge in [0.2, 0.25) is 0 Å². The highest BCUT2D eigenvalue weighted by atomic mass is 16.5. The molecule has 3 rings (SSSR count). The van der Waals surface area contributed by atoms with Crippen LogP contribution in [0, 0.1) is 0 Å². The minimum Gasteiger partial charge on any atom is -0.497 e. The molecule has 0 amide bonds. The molecule has 0 saturated heterocycles. The maximum absolute atomic E-state index is 6.04. The molecule has 0 aliphatic carbocycles. The van der Waals surface area contributed by atoms with Crippen molar-refractivity contribution in [2.24, 2.45) is 5.73 Å². The summed E-state index contributed by atoms with van der Waals surface area (Å²) < 4.78 is 16.7. The molecule has 1 heterocycles. The van der Waals surface area contributed by atoms with E-state index in [4.69, 9.17) is 24.9 Å². The Hall–Kier alpha value is -2.53. The first kappa shape index (κ1) is 15.4. The number of nitrogens with two attached hydrogens (primary N) is 1. The van der Waals surface area contributed by atoms with Gasteiger partial charge in [-0.05, 0) is 49.4 Å². The molecule has 120 valence electrons. The van der Waals surface area contributed by atoms with Crippen molar-refractivity contribution in [1.82, 2.24) is 4.98 Å². The maximum Gasteiger partial charge on any atom is 0.138 e. The maximum atomic E-state index is 6.04. The minimum atomic E-state index is 0.555. The van der Waals surface area contributed by atoms with E-state index in [-0.39, 0.29) is 0 Å². The van der Waals surface area contributed by atoms with E-state index in [0.717, 1.165) is 45.5 Å². The standard InChI is InChI=1S/C18H20N2O3/c1-21-12-4-6-16-14(10-12)18(23-9-3-8-19)15-11-13(22-2)5-7-17(15)20-16/h4-7,10-11H,3,8-9,19H2,1-2H3. The third-order valence-electron chi connectivity index (χ3n) is 3.73. The van der Waals surface area contributed by atoms with Crippen LogP contribution < -0.4 is 19.9 Å². The third-order valence-corrected chi connectivity index (χ3v) is 3.73. The molecule has 0 radical (unpaired) electrons. The summed E-state index contributed by atoms with van der Waals surface area (Å²) in [6.45, 7) is 1.15. The normalized spacial score (nSPS) is 10.9. The lowest BCUT2D eigenvalue weighted by molar-refractivity contribution is 0.320. The van der Waals surface area contributed by atoms with E-state index < -0.39 is 0 Å². The third kappa shape index (κ3) is 3.00. The number of nitrogens with zero attached hydrogens (tertiary/aromatic N) is 1. The molecular formula is C18H20N2O3. The molecule has 5 heteroatoms. The quantitative estimate of drug-likeness (QED) is 0.559. The van der Waals surface area contributed by atoms with Crippen molar-refractivity contribution in [2.75, 3.05) is 27.4 Å². The molecule has 2 N–H and O–H groups in total. The van der Waals surface area contributed by atoms with Crippen molar-refractivity contribution < 1.29 is 14.2 Å². The zero-order chi connectivity index (χ0) is 16.2. The average molecular weight is 312 g/mol. The van der Waals surface area contributed by atoms with E-state index >= 15 is 0 Å². The molecular weight excluding hydrogens is 292 g/mol. The Kier molecular flexibility index (Phi) is 4.48. The van der Waals surface area contributed by atoms with Gasteiger partial charge in [-0.15, -0.1) is 0 Å². The van der Waals surface area contributed by atoms with Crippen LogP contribution in [0.5, 0.6) is 17.2 Å². The van der Waals surface area contributed by atoms with Crippen molar-refractivity contribution in [1.29, 1.82) is 0 Å². The number of benzene rings is 2. The molecule has 0 fully saturated rings. The van der Waals surface area contributed by atoms with Crippen molar-refractivity contribution >= 4 is 21.8 Å². The molecule has 2 aromatic carbocycles. The lowest BCUT2D eigenvalue weighted by Gasteiger charge is -2.14. The smallest absolute Gasteiger partial charge is 0.138 e. The summed E-state index contributed by atoms with van der Waals surface area (Å²) in [5.41, 5.74) is 7.31. The van der Waals surface area contributed by atoms with Crippen LogP contribution in [-0.2, 0) is 0 Å². The molecule has 0 atom stereocenters. The van der Waals surface area contributed by atoms with E-state index in [0.29, 0.717) is 13.2 Å². The van der Waals surface area contributed by atoms with Gasteiger partial charge in [0.15, 0.2) is 0 Å². The fourth-order valence-electron chi connectivity index (χ4n) is 2.53. The molecule has 0 saturated carbocycles. The van der Waals surface area contributed by atoms with Crippen LogP contribution >= 0.6 is 0 Å². The van der Waals surface area contributed by atoms with Crippen molar-refractivity contribution in [3.63, 3.8) is 0 Å². The van der Waals surface area contributed by atoms with Crippen LogP contribution in [0.2, 0.25) is 0 Å². The number of ether oxygens (including phenoxy) is 3. The van der Waals surface area contributed by atoms with Gasteiger partial charge in [-0.3, -0.25) is 0 Å². The van der Waals surface area contributed by atoms with E-state index in [1.807, 2.05) is 36.4 Å². The molecule has 0 aliphatic heterocycles. The topological polar surface area (TPSA) is 66.6 Å². The fraction of sp³-hybridized carbons (Fsp3) is 0.278. The number of aromatic nitrogens is 1. The highest BCUT2D eigenvalue weighted by Gasteiger charge is 2.12. The van der Waals surface area contributed by atoms with Crippen LogP contribution in [-0.4, -0.2) is 32.4 Å². The first-order chi connectivity index (χ1) is 11.3. The average Bonchev–Trinajstić information content (AvgIpc) is 2.60. The van der Waals surface area contributed by atoms with E-state index in [1.54, 1.807) is 14.2 Å². The van der Waals surface area contributed by atoms with Crippen LogP contribution in [0.4, 0.5) is 0 Å². The van der Waals surface area contributed by atoms with E-state index in [1.165, 1.54) is 0 Å². The van der Waals surface area contributed by atoms with Gasteiger partial charge in [-0.2, -0.15) is 0 Å². The Morgan fingerprint density at radius 3 is 1.96 bits per heavy atom. The van der Waals surface area contributed by atoms with Crippen molar-refractivity contribution in [3.05, 3.63) is 36.4 Å². The number of methoxy groups -OCH3 is 2. The van der Waals surface area contributed by atoms with Gasteiger partial charge < -0.3 is 19.9 Å². The van der Waals surface area contributed by atoms with Gasteiger partial charge in [0, 0.05) is 10.8 Å². The summed E-state index contributed by atoms with van der Waals surface area (Å²) in [4.78, 5) is 4.70. The van der Waals surface area contributed by atoms with Crippen LogP contribution in [0.3, 0.4) is 0 Å². The number of rotatable bonds is 6. The minimum absolute atomic E-state index is 0.555. The summed E-state index contributed by atoms with van der Waals surface area (Å²) in [7, 11) is 3.29. The van der Waals surface area contributed by atoms with Crippen LogP contribution in [0.15, 0.2) is 36.4 Å². The summed E-state index contributed by atoms with van der Waals surface area (Å²) in [5, 5.41) is 1.84. The Labute approximate surface area is 135 Å². The SMILES string of the molecule is COc1ccc2nc3ccc(OC)cc3c(OCCCN)c2c1. The number of hydrogen-bond acceptors (Lipinski definition) is 5. The summed E-state index contributed by atoms with van der Waals surface area (Å²) in [6.07, 6.45) is 0.791. The second kappa shape index (κ2) is 6.71. The van der Waals surface area contributed by atoms with Crippen molar-refractivity contribution in [3.8, 4) is 17.2 Å². The van der Waals surface area contributed by atoms with E-state index in [2.05, 4.69) is 0 Å². The predicted molar refractivity (Wildman–Crippen MR) is 91.5 cm³/mol. The molecule has 23 heavy (non-hydrogen) atoms. The second-order valence-corrected chi connectivity index (χ2v) is 5.20. The van der Waals surface area contributed by atoms with E-state index in [9.17, 15) is 0 Å². The van der Waals surface area contributed by atoms with Gasteiger partial charge >= 0.3 is 0 Å². The lowest BCUT2D eigenvalue weighted by Crippen LogP contribution is -2.07. The predicted octanol–water partition coefficient (Wildman–Crippen LogP) is 3.13. The van der Waals surface area contributed by atoms with Crippen molar-refractivity contribution in [2.45, 2.75) is 6.42 Å². The summed E-state index contributed by atoms with van der Waals surface area (Å²) in [5.74, 6) is 2.33. The number of pyridine rings is 1. The second-order valence-electron chi connectivity index (χ2n) is 5.20. The van der Waals surface area contributed by atoms with Gasteiger partial charge in [0.25, 0.3) is 0 Å². The number of hydrogen-bond donors (Lipinski definition) is 1. The van der Waals surface area contributed by atoms with Gasteiger partial charge in [0.1, 0.15) is 17.2 Å². The Morgan fingerprint density at radius 1 is 0.913 bits per heavy atom. The van der Waals surface area contributed by atoms with Crippen LogP contribution in [0.1, 0.15) is 6.42 Å². The first-order valence-corrected chi connectivity index (χ1v) is 7.55. The molecule has 5 nitrogen and oxygen atoms in total. The zero-order valence-electron chi connectivity index (χ0n) is 13.3. The van der Waals surface area contributed by atoms with Gasteiger partial charge in [-0.1, -0.05) is 0 Å². The summed E-state index contributed by atoms with van der Waals surface area (Å²) >= 11 is 0. The van der Waals surface area contributed by atoms with Gasteiger partial charge in [0.05, 0.1) is 31.9 Å². The molecule has 0 bridgehead atoms. The van der Waals surface area contributed by atoms with Crippen LogP contribution in [0.25, 0.3) is 21.8 Å². The summed E-state index contributed by atoms with van der Waals surface area (Å²) in [6, 6.07) is 11.6. The Morgan fingerprint density at radius 2 is 1.48 bits per heavy atom. The largest absolute Gasteiger partial charge is 0.497 e. The highest BCUT2D eigenvalue weighted by Crippen LogP contribution is 2.36. The molecule has 0 unspecified atom stereocenters. The Bertz CT molecular complexity index is 771.